The Morgan fingerprint density at radius 2 is 1.40 bits per heavy atom. The third-order valence-corrected chi connectivity index (χ3v) is 3.88. The van der Waals surface area contributed by atoms with E-state index in [1.807, 2.05) is 5.32 Å². The van der Waals surface area contributed by atoms with Gasteiger partial charge in [-0.15, -0.1) is 0 Å². The number of hydrogen-bond acceptors (Lipinski definition) is 8. The monoisotopic (exact) mass is 433 g/mol. The van der Waals surface area contributed by atoms with Crippen LogP contribution in [0.25, 0.3) is 0 Å². The van der Waals surface area contributed by atoms with Gasteiger partial charge in [0.25, 0.3) is 0 Å². The molecule has 0 rings (SSSR count). The predicted octanol–water partition coefficient (Wildman–Crippen LogP) is -4.01. The predicted molar refractivity (Wildman–Crippen MR) is 99.4 cm³/mol. The summed E-state index contributed by atoms with van der Waals surface area (Å²) >= 11 is 0. The highest BCUT2D eigenvalue weighted by Gasteiger charge is 2.30. The van der Waals surface area contributed by atoms with Gasteiger partial charge in [-0.1, -0.05) is 0 Å². The number of carboxylic acids is 2. The summed E-state index contributed by atoms with van der Waals surface area (Å²) in [5, 5.41) is 33.7. The van der Waals surface area contributed by atoms with Crippen molar-refractivity contribution in [3.05, 3.63) is 0 Å². The van der Waals surface area contributed by atoms with E-state index in [0.29, 0.717) is 0 Å². The summed E-state index contributed by atoms with van der Waals surface area (Å²) in [6.45, 7) is 2.49. The van der Waals surface area contributed by atoms with Gasteiger partial charge in [0.2, 0.25) is 23.6 Å². The van der Waals surface area contributed by atoms with Gasteiger partial charge in [0.1, 0.15) is 24.2 Å². The number of aliphatic hydroxyl groups is 1. The summed E-state index contributed by atoms with van der Waals surface area (Å²) in [6, 6.07) is -5.79. The van der Waals surface area contributed by atoms with Crippen LogP contribution in [0.15, 0.2) is 0 Å². The van der Waals surface area contributed by atoms with Gasteiger partial charge in [0, 0.05) is 6.42 Å². The van der Waals surface area contributed by atoms with Crippen LogP contribution < -0.4 is 27.4 Å². The van der Waals surface area contributed by atoms with Crippen molar-refractivity contribution in [3.63, 3.8) is 0 Å². The second kappa shape index (κ2) is 12.3. The van der Waals surface area contributed by atoms with Crippen LogP contribution in [0, 0.1) is 0 Å². The molecule has 10 N–H and O–H groups in total. The van der Waals surface area contributed by atoms with E-state index in [2.05, 4.69) is 10.6 Å². The van der Waals surface area contributed by atoms with Gasteiger partial charge in [0.05, 0.1) is 12.5 Å². The molecule has 170 valence electrons. The Morgan fingerprint density at radius 3 is 1.83 bits per heavy atom. The molecule has 0 aromatic heterocycles. The van der Waals surface area contributed by atoms with Crippen molar-refractivity contribution < 1.29 is 44.1 Å². The van der Waals surface area contributed by atoms with Gasteiger partial charge in [0.15, 0.2) is 0 Å². The standard InChI is InChI=1S/C16H27N5O9/c1-6(19-15(28)12(18)7(2)22)13(26)21-9(5-11(24)25)14(27)20-8(16(29)30)3-4-10(17)23/h6-9,12,22H,3-5,18H2,1-2H3,(H2,17,23)(H,19,28)(H,20,27)(H,21,26)(H,24,25)(H,29,30). The second-order valence-corrected chi connectivity index (χ2v) is 6.56. The van der Waals surface area contributed by atoms with Gasteiger partial charge in [-0.2, -0.15) is 0 Å². The highest BCUT2D eigenvalue weighted by atomic mass is 16.4. The Balaban J connectivity index is 5.16. The van der Waals surface area contributed by atoms with E-state index in [1.54, 1.807) is 0 Å². The lowest BCUT2D eigenvalue weighted by molar-refractivity contribution is -0.143. The lowest BCUT2D eigenvalue weighted by atomic mass is 10.1. The summed E-state index contributed by atoms with van der Waals surface area (Å²) in [6.07, 6.45) is -2.76. The van der Waals surface area contributed by atoms with Gasteiger partial charge in [-0.05, 0) is 20.3 Å². The number of nitrogens with two attached hydrogens (primary N) is 2. The number of aliphatic hydroxyl groups excluding tert-OH is 1. The molecule has 30 heavy (non-hydrogen) atoms. The van der Waals surface area contributed by atoms with Crippen LogP contribution in [0.2, 0.25) is 0 Å². The lowest BCUT2D eigenvalue weighted by Gasteiger charge is -2.23. The third-order valence-electron chi connectivity index (χ3n) is 3.88. The SMILES string of the molecule is CC(NC(=O)C(N)C(C)O)C(=O)NC(CC(=O)O)C(=O)NC(CCC(N)=O)C(=O)O. The number of nitrogens with one attached hydrogen (secondary N) is 3. The van der Waals surface area contributed by atoms with Crippen molar-refractivity contribution in [3.8, 4) is 0 Å². The first-order valence-corrected chi connectivity index (χ1v) is 8.83. The molecule has 0 fully saturated rings. The second-order valence-electron chi connectivity index (χ2n) is 6.56. The number of amides is 4. The smallest absolute Gasteiger partial charge is 0.326 e. The van der Waals surface area contributed by atoms with Crippen molar-refractivity contribution in [2.24, 2.45) is 11.5 Å². The fourth-order valence-corrected chi connectivity index (χ4v) is 2.09. The fourth-order valence-electron chi connectivity index (χ4n) is 2.09. The minimum absolute atomic E-state index is 0.339. The Kier molecular flexibility index (Phi) is 11.0. The molecular weight excluding hydrogens is 406 g/mol. The van der Waals surface area contributed by atoms with Crippen molar-refractivity contribution in [2.45, 2.75) is 63.4 Å². The molecule has 14 heteroatoms. The van der Waals surface area contributed by atoms with Crippen molar-refractivity contribution in [2.75, 3.05) is 0 Å². The topological polar surface area (TPSA) is 251 Å². The number of aliphatic carboxylic acids is 2. The molecule has 0 saturated carbocycles. The number of carboxylic acid groups (broad SMARTS) is 2. The molecule has 0 aliphatic rings. The summed E-state index contributed by atoms with van der Waals surface area (Å²) in [4.78, 5) is 69.4. The minimum atomic E-state index is -1.67. The maximum atomic E-state index is 12.3. The van der Waals surface area contributed by atoms with Crippen LogP contribution in [0.3, 0.4) is 0 Å². The molecule has 4 amide bonds. The first kappa shape index (κ1) is 26.7. The van der Waals surface area contributed by atoms with E-state index in [1.165, 1.54) is 13.8 Å². The van der Waals surface area contributed by atoms with Crippen LogP contribution in [-0.2, 0) is 28.8 Å². The lowest BCUT2D eigenvalue weighted by Crippen LogP contribution is -2.57. The molecule has 0 bridgehead atoms. The molecule has 0 aliphatic carbocycles. The number of hydrogen-bond donors (Lipinski definition) is 8. The fraction of sp³-hybridized carbons (Fsp3) is 0.625. The first-order valence-electron chi connectivity index (χ1n) is 8.83. The Morgan fingerprint density at radius 1 is 0.867 bits per heavy atom. The quantitative estimate of drug-likeness (QED) is 0.140. The Bertz CT molecular complexity index is 682. The molecule has 0 saturated heterocycles. The zero-order valence-corrected chi connectivity index (χ0v) is 16.5. The van der Waals surface area contributed by atoms with Crippen LogP contribution >= 0.6 is 0 Å². The summed E-state index contributed by atoms with van der Waals surface area (Å²) in [5.74, 6) is -6.69. The average Bonchev–Trinajstić information content (AvgIpc) is 2.62. The molecule has 0 spiro atoms. The Labute approximate surface area is 171 Å². The zero-order chi connectivity index (χ0) is 23.6. The van der Waals surface area contributed by atoms with Gasteiger partial charge in [-0.3, -0.25) is 24.0 Å². The minimum Gasteiger partial charge on any atom is -0.481 e. The molecule has 5 unspecified atom stereocenters. The van der Waals surface area contributed by atoms with Crippen molar-refractivity contribution in [1.82, 2.24) is 16.0 Å². The third kappa shape index (κ3) is 9.79. The molecular formula is C16H27N5O9. The summed E-state index contributed by atoms with van der Waals surface area (Å²) < 4.78 is 0. The number of carbonyl (C=O) groups excluding carboxylic acids is 4. The van der Waals surface area contributed by atoms with Gasteiger partial charge >= 0.3 is 11.9 Å². The van der Waals surface area contributed by atoms with Crippen LogP contribution in [0.5, 0.6) is 0 Å². The van der Waals surface area contributed by atoms with E-state index in [-0.39, 0.29) is 12.8 Å². The van der Waals surface area contributed by atoms with E-state index >= 15 is 0 Å². The molecule has 0 aliphatic heterocycles. The molecule has 0 aromatic carbocycles. The van der Waals surface area contributed by atoms with Crippen LogP contribution in [-0.4, -0.2) is 81.2 Å². The molecule has 0 radical (unpaired) electrons. The van der Waals surface area contributed by atoms with E-state index < -0.39 is 72.3 Å². The van der Waals surface area contributed by atoms with Crippen molar-refractivity contribution >= 4 is 35.6 Å². The van der Waals surface area contributed by atoms with Gasteiger partial charge < -0.3 is 42.7 Å². The Hall–Kier alpha value is -3.26. The maximum absolute atomic E-state index is 12.3. The molecule has 5 atom stereocenters. The maximum Gasteiger partial charge on any atom is 0.326 e. The van der Waals surface area contributed by atoms with Crippen molar-refractivity contribution in [1.29, 1.82) is 0 Å². The highest BCUT2D eigenvalue weighted by molar-refractivity contribution is 5.95. The van der Waals surface area contributed by atoms with E-state index in [0.717, 1.165) is 0 Å². The van der Waals surface area contributed by atoms with Crippen LogP contribution in [0.4, 0.5) is 0 Å². The molecule has 14 nitrogen and oxygen atoms in total. The summed E-state index contributed by atoms with van der Waals surface area (Å²) in [7, 11) is 0. The van der Waals surface area contributed by atoms with Crippen LogP contribution in [0.1, 0.15) is 33.1 Å². The number of carbonyl (C=O) groups is 6. The highest BCUT2D eigenvalue weighted by Crippen LogP contribution is 2.02. The van der Waals surface area contributed by atoms with Gasteiger partial charge in [-0.25, -0.2) is 4.79 Å². The number of primary amides is 1. The largest absolute Gasteiger partial charge is 0.481 e. The summed E-state index contributed by atoms with van der Waals surface area (Å²) in [5.41, 5.74) is 10.4. The zero-order valence-electron chi connectivity index (χ0n) is 16.5. The number of rotatable bonds is 13. The van der Waals surface area contributed by atoms with E-state index in [4.69, 9.17) is 21.7 Å². The molecule has 0 aromatic rings. The average molecular weight is 433 g/mol. The first-order chi connectivity index (χ1) is 13.8. The normalized spacial score (nSPS) is 15.6. The molecule has 0 heterocycles. The van der Waals surface area contributed by atoms with E-state index in [9.17, 15) is 33.9 Å².